The maximum Gasteiger partial charge on any atom is 0.372 e. The van der Waals surface area contributed by atoms with Crippen LogP contribution >= 0.6 is 11.6 Å². The van der Waals surface area contributed by atoms with Crippen molar-refractivity contribution in [3.05, 3.63) is 70.9 Å². The SMILES string of the molecule is O=C(O)C(=O)CC(=O)c1cn(Cc2ccccc2)c2ccc(Cl)cc12. The van der Waals surface area contributed by atoms with E-state index in [1.54, 1.807) is 24.4 Å². The molecule has 1 heterocycles. The lowest BCUT2D eigenvalue weighted by Crippen LogP contribution is -2.17. The van der Waals surface area contributed by atoms with Crippen LogP contribution in [0.15, 0.2) is 54.7 Å². The van der Waals surface area contributed by atoms with Crippen molar-refractivity contribution in [1.82, 2.24) is 4.57 Å². The Hall–Kier alpha value is -2.92. The molecule has 1 N–H and O–H groups in total. The molecule has 0 atom stereocenters. The maximum atomic E-state index is 12.4. The number of rotatable bonds is 6. The second-order valence-electron chi connectivity index (χ2n) is 5.65. The van der Waals surface area contributed by atoms with Gasteiger partial charge in [-0.1, -0.05) is 41.9 Å². The van der Waals surface area contributed by atoms with Crippen LogP contribution < -0.4 is 0 Å². The van der Waals surface area contributed by atoms with E-state index in [1.807, 2.05) is 34.9 Å². The molecule has 0 spiro atoms. The average molecular weight is 356 g/mol. The number of ketones is 2. The third-order valence-corrected chi connectivity index (χ3v) is 4.13. The molecule has 0 saturated carbocycles. The Morgan fingerprint density at radius 3 is 2.44 bits per heavy atom. The van der Waals surface area contributed by atoms with Crippen LogP contribution in [0.4, 0.5) is 0 Å². The van der Waals surface area contributed by atoms with Crippen LogP contribution in [0.2, 0.25) is 5.02 Å². The largest absolute Gasteiger partial charge is 0.475 e. The number of hydrogen-bond acceptors (Lipinski definition) is 3. The Balaban J connectivity index is 2.03. The van der Waals surface area contributed by atoms with Crippen molar-refractivity contribution in [1.29, 1.82) is 0 Å². The second kappa shape index (κ2) is 6.91. The Labute approximate surface area is 148 Å². The molecule has 1 aromatic heterocycles. The lowest BCUT2D eigenvalue weighted by molar-refractivity contribution is -0.148. The van der Waals surface area contributed by atoms with Gasteiger partial charge >= 0.3 is 5.97 Å². The minimum absolute atomic E-state index is 0.294. The Bertz CT molecular complexity index is 976. The van der Waals surface area contributed by atoms with Gasteiger partial charge in [-0.05, 0) is 23.8 Å². The van der Waals surface area contributed by atoms with Gasteiger partial charge in [-0.3, -0.25) is 9.59 Å². The number of aliphatic carboxylic acids is 1. The van der Waals surface area contributed by atoms with Gasteiger partial charge in [0.25, 0.3) is 0 Å². The van der Waals surface area contributed by atoms with Gasteiger partial charge in [0.1, 0.15) is 0 Å². The Morgan fingerprint density at radius 2 is 1.76 bits per heavy atom. The van der Waals surface area contributed by atoms with Gasteiger partial charge in [0.05, 0.1) is 6.42 Å². The summed E-state index contributed by atoms with van der Waals surface area (Å²) in [5.74, 6) is -3.28. The fourth-order valence-electron chi connectivity index (χ4n) is 2.72. The number of carboxylic acids is 1. The molecule has 0 aliphatic heterocycles. The first-order valence-electron chi connectivity index (χ1n) is 7.57. The van der Waals surface area contributed by atoms with Gasteiger partial charge in [-0.15, -0.1) is 0 Å². The molecule has 0 bridgehead atoms. The zero-order valence-electron chi connectivity index (χ0n) is 13.1. The van der Waals surface area contributed by atoms with E-state index in [0.29, 0.717) is 22.5 Å². The summed E-state index contributed by atoms with van der Waals surface area (Å²) in [6.07, 6.45) is 0.970. The highest BCUT2D eigenvalue weighted by Crippen LogP contribution is 2.27. The smallest absolute Gasteiger partial charge is 0.372 e. The maximum absolute atomic E-state index is 12.4. The van der Waals surface area contributed by atoms with Crippen LogP contribution in [0.25, 0.3) is 10.9 Å². The van der Waals surface area contributed by atoms with Crippen LogP contribution in [0.1, 0.15) is 22.3 Å². The number of nitrogens with zero attached hydrogens (tertiary/aromatic N) is 1. The van der Waals surface area contributed by atoms with Crippen LogP contribution in [0, 0.1) is 0 Å². The van der Waals surface area contributed by atoms with E-state index in [4.69, 9.17) is 16.7 Å². The highest BCUT2D eigenvalue weighted by molar-refractivity contribution is 6.38. The molecule has 0 amide bonds. The Morgan fingerprint density at radius 1 is 1.04 bits per heavy atom. The van der Waals surface area contributed by atoms with E-state index in [9.17, 15) is 14.4 Å². The summed E-state index contributed by atoms with van der Waals surface area (Å²) in [4.78, 5) is 34.5. The number of fused-ring (bicyclic) bond motifs is 1. The third kappa shape index (κ3) is 3.61. The van der Waals surface area contributed by atoms with Gasteiger partial charge in [0.15, 0.2) is 5.78 Å². The number of carboxylic acid groups (broad SMARTS) is 1. The minimum atomic E-state index is -1.61. The van der Waals surface area contributed by atoms with E-state index in [2.05, 4.69) is 0 Å². The number of aromatic nitrogens is 1. The van der Waals surface area contributed by atoms with Crippen LogP contribution in [-0.2, 0) is 16.1 Å². The van der Waals surface area contributed by atoms with Crippen molar-refractivity contribution in [3.8, 4) is 0 Å². The molecule has 2 aromatic carbocycles. The number of hydrogen-bond donors (Lipinski definition) is 1. The zero-order chi connectivity index (χ0) is 18.0. The molecule has 6 heteroatoms. The molecule has 0 aliphatic rings. The third-order valence-electron chi connectivity index (χ3n) is 3.90. The first-order valence-corrected chi connectivity index (χ1v) is 7.95. The van der Waals surface area contributed by atoms with Gasteiger partial charge in [0.2, 0.25) is 5.78 Å². The molecular formula is C19H14ClNO4. The monoisotopic (exact) mass is 355 g/mol. The molecule has 3 rings (SSSR count). The fraction of sp³-hybridized carbons (Fsp3) is 0.105. The Kier molecular flexibility index (Phi) is 4.67. The quantitative estimate of drug-likeness (QED) is 0.416. The van der Waals surface area contributed by atoms with E-state index in [0.717, 1.165) is 11.1 Å². The van der Waals surface area contributed by atoms with Crippen molar-refractivity contribution >= 4 is 40.0 Å². The average Bonchev–Trinajstić information content (AvgIpc) is 2.93. The molecule has 0 saturated heterocycles. The number of halogens is 1. The molecule has 0 radical (unpaired) electrons. The summed E-state index contributed by atoms with van der Waals surface area (Å²) < 4.78 is 1.89. The highest BCUT2D eigenvalue weighted by atomic mass is 35.5. The summed E-state index contributed by atoms with van der Waals surface area (Å²) >= 11 is 6.04. The molecule has 25 heavy (non-hydrogen) atoms. The van der Waals surface area contributed by atoms with Gasteiger partial charge in [0, 0.05) is 34.2 Å². The predicted molar refractivity (Wildman–Crippen MR) is 94.1 cm³/mol. The summed E-state index contributed by atoms with van der Waals surface area (Å²) in [5, 5.41) is 9.77. The number of carbonyl (C=O) groups is 3. The van der Waals surface area contributed by atoms with Crippen molar-refractivity contribution in [2.45, 2.75) is 13.0 Å². The molecule has 0 fully saturated rings. The van der Waals surface area contributed by atoms with Gasteiger partial charge in [-0.2, -0.15) is 0 Å². The summed E-state index contributed by atoms with van der Waals surface area (Å²) in [6, 6.07) is 14.9. The summed E-state index contributed by atoms with van der Waals surface area (Å²) in [7, 11) is 0. The molecular weight excluding hydrogens is 342 g/mol. The summed E-state index contributed by atoms with van der Waals surface area (Å²) in [5.41, 5.74) is 2.14. The van der Waals surface area contributed by atoms with E-state index >= 15 is 0 Å². The van der Waals surface area contributed by atoms with Crippen LogP contribution in [0.3, 0.4) is 0 Å². The number of Topliss-reactive ketones (excluding diaryl/α,β-unsaturated/α-hetero) is 2. The second-order valence-corrected chi connectivity index (χ2v) is 6.08. The van der Waals surface area contributed by atoms with Crippen molar-refractivity contribution < 1.29 is 19.5 Å². The molecule has 0 unspecified atom stereocenters. The van der Waals surface area contributed by atoms with E-state index < -0.39 is 24.0 Å². The summed E-state index contributed by atoms with van der Waals surface area (Å²) in [6.45, 7) is 0.541. The lowest BCUT2D eigenvalue weighted by Gasteiger charge is -2.05. The minimum Gasteiger partial charge on any atom is -0.475 e. The van der Waals surface area contributed by atoms with Gasteiger partial charge in [-0.25, -0.2) is 4.79 Å². The lowest BCUT2D eigenvalue weighted by atomic mass is 10.1. The van der Waals surface area contributed by atoms with Crippen molar-refractivity contribution in [3.63, 3.8) is 0 Å². The number of benzene rings is 2. The van der Waals surface area contributed by atoms with Crippen molar-refractivity contribution in [2.24, 2.45) is 0 Å². The normalized spacial score (nSPS) is 10.8. The highest BCUT2D eigenvalue weighted by Gasteiger charge is 2.21. The predicted octanol–water partition coefficient (Wildman–Crippen LogP) is 3.57. The standard InChI is InChI=1S/C19H14ClNO4/c20-13-6-7-16-14(8-13)15(17(22)9-18(23)19(24)25)11-21(16)10-12-4-2-1-3-5-12/h1-8,11H,9-10H2,(H,24,25). The van der Waals surface area contributed by atoms with Crippen molar-refractivity contribution in [2.75, 3.05) is 0 Å². The molecule has 5 nitrogen and oxygen atoms in total. The fourth-order valence-corrected chi connectivity index (χ4v) is 2.89. The van der Waals surface area contributed by atoms with Crippen LogP contribution in [-0.4, -0.2) is 27.2 Å². The topological polar surface area (TPSA) is 76.4 Å². The zero-order valence-corrected chi connectivity index (χ0v) is 13.9. The molecule has 0 aliphatic carbocycles. The molecule has 3 aromatic rings. The molecule has 126 valence electrons. The first-order chi connectivity index (χ1) is 12.0. The van der Waals surface area contributed by atoms with E-state index in [1.165, 1.54) is 0 Å². The van der Waals surface area contributed by atoms with Gasteiger partial charge < -0.3 is 9.67 Å². The number of carbonyl (C=O) groups excluding carboxylic acids is 2. The van der Waals surface area contributed by atoms with Crippen LogP contribution in [0.5, 0.6) is 0 Å². The van der Waals surface area contributed by atoms with E-state index in [-0.39, 0.29) is 0 Å². The first kappa shape index (κ1) is 16.9.